The molecule has 0 unspecified atom stereocenters. The number of hydrogen-bond donors (Lipinski definition) is 0. The highest BCUT2D eigenvalue weighted by Gasteiger charge is 2.16. The van der Waals surface area contributed by atoms with Gasteiger partial charge in [0.15, 0.2) is 5.01 Å². The fourth-order valence-corrected chi connectivity index (χ4v) is 2.88. The van der Waals surface area contributed by atoms with E-state index in [4.69, 9.17) is 11.6 Å². The second-order valence-corrected chi connectivity index (χ2v) is 5.85. The molecule has 0 saturated heterocycles. The van der Waals surface area contributed by atoms with Crippen molar-refractivity contribution in [1.29, 1.82) is 0 Å². The Morgan fingerprint density at radius 2 is 1.78 bits per heavy atom. The molecule has 0 aliphatic carbocycles. The summed E-state index contributed by atoms with van der Waals surface area (Å²) in [5.74, 6) is -0.245. The number of ketones is 1. The Hall–Kier alpha value is -2.64. The molecule has 0 spiro atoms. The molecule has 2 aromatic carbocycles. The van der Waals surface area contributed by atoms with Crippen molar-refractivity contribution in [3.63, 3.8) is 0 Å². The van der Waals surface area contributed by atoms with Crippen LogP contribution < -0.4 is 4.80 Å². The van der Waals surface area contributed by atoms with E-state index in [0.29, 0.717) is 16.3 Å². The highest BCUT2D eigenvalue weighted by molar-refractivity contribution is 7.11. The summed E-state index contributed by atoms with van der Waals surface area (Å²) in [5, 5.41) is 11.1. The standard InChI is InChI=1S/C15H9ClN4O2S/c16-11-6-8-12(9-7-11)20-15(17-19-22)23-14(18-20)13(21)10-4-2-1-3-5-10/h1-9H/b17-15-. The van der Waals surface area contributed by atoms with E-state index in [2.05, 4.69) is 15.5 Å². The first-order valence-corrected chi connectivity index (χ1v) is 7.70. The van der Waals surface area contributed by atoms with E-state index in [1.54, 1.807) is 48.5 Å². The van der Waals surface area contributed by atoms with Crippen molar-refractivity contribution in [2.75, 3.05) is 0 Å². The van der Waals surface area contributed by atoms with Gasteiger partial charge in [0.25, 0.3) is 0 Å². The molecule has 114 valence electrons. The summed E-state index contributed by atoms with van der Waals surface area (Å²) in [6.45, 7) is 0. The molecule has 3 aromatic rings. The van der Waals surface area contributed by atoms with Gasteiger partial charge in [0.05, 0.1) is 11.0 Å². The number of hydrogen-bond acceptors (Lipinski definition) is 5. The van der Waals surface area contributed by atoms with Gasteiger partial charge >= 0.3 is 0 Å². The number of aromatic nitrogens is 2. The van der Waals surface area contributed by atoms with Crippen LogP contribution in [0.2, 0.25) is 5.02 Å². The van der Waals surface area contributed by atoms with Crippen LogP contribution in [0.1, 0.15) is 15.4 Å². The van der Waals surface area contributed by atoms with E-state index in [9.17, 15) is 9.70 Å². The Morgan fingerprint density at radius 3 is 2.43 bits per heavy atom. The maximum atomic E-state index is 12.5. The topological polar surface area (TPSA) is 76.7 Å². The van der Waals surface area contributed by atoms with Gasteiger partial charge in [-0.25, -0.2) is 4.68 Å². The fourth-order valence-electron chi connectivity index (χ4n) is 1.94. The van der Waals surface area contributed by atoms with Gasteiger partial charge < -0.3 is 0 Å². The molecule has 0 atom stereocenters. The van der Waals surface area contributed by atoms with Crippen LogP contribution in [0.25, 0.3) is 5.69 Å². The van der Waals surface area contributed by atoms with E-state index in [1.165, 1.54) is 4.68 Å². The van der Waals surface area contributed by atoms with Crippen molar-refractivity contribution in [2.24, 2.45) is 10.4 Å². The molecule has 0 saturated carbocycles. The van der Waals surface area contributed by atoms with Gasteiger partial charge in [-0.3, -0.25) is 4.79 Å². The van der Waals surface area contributed by atoms with Crippen LogP contribution in [0.5, 0.6) is 0 Å². The van der Waals surface area contributed by atoms with Crippen molar-refractivity contribution < 1.29 is 4.79 Å². The molecule has 8 heteroatoms. The van der Waals surface area contributed by atoms with Gasteiger partial charge in [0, 0.05) is 10.6 Å². The molecule has 3 rings (SSSR count). The number of halogens is 1. The maximum absolute atomic E-state index is 12.5. The number of carbonyl (C=O) groups is 1. The smallest absolute Gasteiger partial charge is 0.237 e. The molecule has 0 fully saturated rings. The van der Waals surface area contributed by atoms with Crippen molar-refractivity contribution in [3.8, 4) is 5.69 Å². The van der Waals surface area contributed by atoms with Gasteiger partial charge in [-0.05, 0) is 24.3 Å². The molecule has 1 aromatic heterocycles. The minimum Gasteiger partial charge on any atom is -0.286 e. The van der Waals surface area contributed by atoms with Crippen LogP contribution in [0, 0.1) is 4.91 Å². The number of nitrogens with zero attached hydrogens (tertiary/aromatic N) is 4. The maximum Gasteiger partial charge on any atom is 0.237 e. The Labute approximate surface area is 139 Å². The first-order chi connectivity index (χ1) is 11.2. The molecule has 0 radical (unpaired) electrons. The predicted molar refractivity (Wildman–Crippen MR) is 87.7 cm³/mol. The largest absolute Gasteiger partial charge is 0.286 e. The lowest BCUT2D eigenvalue weighted by molar-refractivity contribution is 0.103. The number of benzene rings is 2. The molecule has 0 amide bonds. The third-order valence-electron chi connectivity index (χ3n) is 2.99. The lowest BCUT2D eigenvalue weighted by Gasteiger charge is -2.00. The summed E-state index contributed by atoms with van der Waals surface area (Å²) in [6, 6.07) is 15.5. The average molecular weight is 345 g/mol. The number of nitroso groups, excluding NO2 is 1. The molecule has 6 nitrogen and oxygen atoms in total. The van der Waals surface area contributed by atoms with E-state index in [1.807, 2.05) is 6.07 Å². The van der Waals surface area contributed by atoms with Gasteiger partial charge in [-0.1, -0.05) is 58.4 Å². The predicted octanol–water partition coefficient (Wildman–Crippen LogP) is 3.40. The van der Waals surface area contributed by atoms with Crippen molar-refractivity contribution in [2.45, 2.75) is 0 Å². The summed E-state index contributed by atoms with van der Waals surface area (Å²) >= 11 is 6.86. The van der Waals surface area contributed by atoms with Crippen molar-refractivity contribution in [3.05, 3.63) is 79.9 Å². The quantitative estimate of drug-likeness (QED) is 0.413. The SMILES string of the molecule is O=N/N=c1\sc(C(=O)c2ccccc2)nn1-c1ccc(Cl)cc1. The lowest BCUT2D eigenvalue weighted by Crippen LogP contribution is -2.13. The highest BCUT2D eigenvalue weighted by atomic mass is 35.5. The summed E-state index contributed by atoms with van der Waals surface area (Å²) < 4.78 is 1.39. The summed E-state index contributed by atoms with van der Waals surface area (Å²) in [5.41, 5.74) is 1.13. The minimum absolute atomic E-state index is 0.210. The van der Waals surface area contributed by atoms with E-state index < -0.39 is 0 Å². The molecular weight excluding hydrogens is 336 g/mol. The molecular formula is C15H9ClN4O2S. The molecule has 0 bridgehead atoms. The van der Waals surface area contributed by atoms with Crippen LogP contribution in [-0.2, 0) is 0 Å². The summed E-state index contributed by atoms with van der Waals surface area (Å²) in [7, 11) is 0. The summed E-state index contributed by atoms with van der Waals surface area (Å²) in [6.07, 6.45) is 0. The Morgan fingerprint density at radius 1 is 1.09 bits per heavy atom. The van der Waals surface area contributed by atoms with E-state index in [-0.39, 0.29) is 15.6 Å². The van der Waals surface area contributed by atoms with E-state index >= 15 is 0 Å². The van der Waals surface area contributed by atoms with Gasteiger partial charge in [0.2, 0.25) is 10.6 Å². The highest BCUT2D eigenvalue weighted by Crippen LogP contribution is 2.15. The first kappa shape index (κ1) is 15.3. The zero-order valence-electron chi connectivity index (χ0n) is 11.6. The Bertz CT molecular complexity index is 917. The molecule has 0 N–H and O–H groups in total. The third kappa shape index (κ3) is 3.25. The third-order valence-corrected chi connectivity index (χ3v) is 4.14. The Balaban J connectivity index is 2.09. The zero-order valence-corrected chi connectivity index (χ0v) is 13.2. The van der Waals surface area contributed by atoms with Crippen molar-refractivity contribution in [1.82, 2.24) is 9.78 Å². The van der Waals surface area contributed by atoms with Crippen LogP contribution in [0.15, 0.2) is 65.0 Å². The zero-order chi connectivity index (χ0) is 16.2. The van der Waals surface area contributed by atoms with Gasteiger partial charge in [-0.2, -0.15) is 5.10 Å². The number of rotatable bonds is 4. The summed E-state index contributed by atoms with van der Waals surface area (Å²) in [4.78, 5) is 23.2. The molecule has 1 heterocycles. The molecule has 0 aliphatic heterocycles. The number of carbonyl (C=O) groups excluding carboxylic acids is 1. The van der Waals surface area contributed by atoms with Crippen molar-refractivity contribution >= 4 is 28.7 Å². The first-order valence-electron chi connectivity index (χ1n) is 6.51. The monoisotopic (exact) mass is 344 g/mol. The van der Waals surface area contributed by atoms with Crippen LogP contribution in [0.3, 0.4) is 0 Å². The molecule has 23 heavy (non-hydrogen) atoms. The van der Waals surface area contributed by atoms with Gasteiger partial charge in [0.1, 0.15) is 0 Å². The average Bonchev–Trinajstić information content (AvgIpc) is 3.00. The lowest BCUT2D eigenvalue weighted by atomic mass is 10.1. The Kier molecular flexibility index (Phi) is 4.40. The second-order valence-electron chi connectivity index (χ2n) is 4.45. The van der Waals surface area contributed by atoms with Crippen LogP contribution in [0.4, 0.5) is 0 Å². The van der Waals surface area contributed by atoms with Crippen LogP contribution in [-0.4, -0.2) is 15.6 Å². The van der Waals surface area contributed by atoms with E-state index in [0.717, 1.165) is 11.3 Å². The molecule has 0 aliphatic rings. The second kappa shape index (κ2) is 6.64. The normalized spacial score (nSPS) is 11.4. The fraction of sp³-hybridized carbons (Fsp3) is 0. The van der Waals surface area contributed by atoms with Gasteiger partial charge in [-0.15, -0.1) is 4.91 Å². The minimum atomic E-state index is -0.245. The van der Waals surface area contributed by atoms with Crippen LogP contribution >= 0.6 is 22.9 Å².